The van der Waals surface area contributed by atoms with Crippen LogP contribution in [0.4, 0.5) is 5.69 Å². The molecule has 104 valence electrons. The number of benzene rings is 1. The molecule has 2 rings (SSSR count). The smallest absolute Gasteiger partial charge is 0.356 e. The van der Waals surface area contributed by atoms with Crippen LogP contribution < -0.4 is 0 Å². The molecule has 0 amide bonds. The molecule has 0 spiro atoms. The van der Waals surface area contributed by atoms with E-state index in [2.05, 4.69) is 9.72 Å². The molecule has 1 aromatic heterocycles. The van der Waals surface area contributed by atoms with Gasteiger partial charge in [0.1, 0.15) is 5.69 Å². The fourth-order valence-corrected chi connectivity index (χ4v) is 2.03. The van der Waals surface area contributed by atoms with E-state index in [1.54, 1.807) is 29.7 Å². The Morgan fingerprint density at radius 2 is 2.15 bits per heavy atom. The van der Waals surface area contributed by atoms with Gasteiger partial charge in [-0.2, -0.15) is 0 Å². The van der Waals surface area contributed by atoms with Gasteiger partial charge in [-0.05, 0) is 6.92 Å². The lowest BCUT2D eigenvalue weighted by molar-refractivity contribution is -0.385. The predicted octanol–water partition coefficient (Wildman–Crippen LogP) is 2.19. The number of nitrogens with zero attached hydrogens (tertiary/aromatic N) is 3. The summed E-state index contributed by atoms with van der Waals surface area (Å²) in [5, 5.41) is 11.1. The molecular formula is C13H13N3O4. The van der Waals surface area contributed by atoms with Crippen LogP contribution in [-0.4, -0.2) is 27.6 Å². The number of nitro benzene ring substituents is 1. The van der Waals surface area contributed by atoms with E-state index < -0.39 is 16.9 Å². The second kappa shape index (κ2) is 5.52. The average molecular weight is 275 g/mol. The SMILES string of the molecule is COC(=O)c1cncn1C(C)c1ccccc1[N+](=O)[O-]. The Labute approximate surface area is 115 Å². The minimum atomic E-state index is -0.534. The second-order valence-electron chi connectivity index (χ2n) is 4.17. The van der Waals surface area contributed by atoms with Gasteiger partial charge in [-0.1, -0.05) is 18.2 Å². The number of carbonyl (C=O) groups is 1. The van der Waals surface area contributed by atoms with E-state index in [0.29, 0.717) is 5.56 Å². The molecule has 0 saturated carbocycles. The number of ether oxygens (including phenoxy) is 1. The van der Waals surface area contributed by atoms with Gasteiger partial charge in [0.25, 0.3) is 5.69 Å². The summed E-state index contributed by atoms with van der Waals surface area (Å²) < 4.78 is 6.22. The molecule has 1 unspecified atom stereocenters. The molecule has 0 bridgehead atoms. The second-order valence-corrected chi connectivity index (χ2v) is 4.17. The third-order valence-electron chi connectivity index (χ3n) is 3.06. The summed E-state index contributed by atoms with van der Waals surface area (Å²) in [4.78, 5) is 26.2. The molecule has 2 aromatic rings. The maximum Gasteiger partial charge on any atom is 0.356 e. The molecule has 7 heteroatoms. The molecule has 7 nitrogen and oxygen atoms in total. The molecular weight excluding hydrogens is 262 g/mol. The topological polar surface area (TPSA) is 87.3 Å². The number of rotatable bonds is 4. The maximum atomic E-state index is 11.6. The highest BCUT2D eigenvalue weighted by molar-refractivity contribution is 5.87. The van der Waals surface area contributed by atoms with Crippen LogP contribution in [0.1, 0.15) is 29.0 Å². The highest BCUT2D eigenvalue weighted by Gasteiger charge is 2.23. The molecule has 1 heterocycles. The van der Waals surface area contributed by atoms with Crippen molar-refractivity contribution in [1.29, 1.82) is 0 Å². The Morgan fingerprint density at radius 1 is 1.45 bits per heavy atom. The molecule has 0 saturated heterocycles. The van der Waals surface area contributed by atoms with Crippen molar-refractivity contribution in [3.05, 3.63) is 58.2 Å². The standard InChI is InChI=1S/C13H13N3O4/c1-9(10-5-3-4-6-11(10)16(18)19)15-8-14-7-12(15)13(17)20-2/h3-9H,1-2H3. The summed E-state index contributed by atoms with van der Waals surface area (Å²) in [7, 11) is 1.27. The van der Waals surface area contributed by atoms with Crippen LogP contribution in [0.15, 0.2) is 36.8 Å². The van der Waals surface area contributed by atoms with Crippen molar-refractivity contribution in [3.63, 3.8) is 0 Å². The van der Waals surface area contributed by atoms with Crippen molar-refractivity contribution in [3.8, 4) is 0 Å². The molecule has 0 radical (unpaired) electrons. The van der Waals surface area contributed by atoms with E-state index in [1.807, 2.05) is 0 Å². The number of imidazole rings is 1. The summed E-state index contributed by atoms with van der Waals surface area (Å²) >= 11 is 0. The average Bonchev–Trinajstić information content (AvgIpc) is 2.95. The number of para-hydroxylation sites is 1. The van der Waals surface area contributed by atoms with Crippen LogP contribution in [-0.2, 0) is 4.74 Å². The minimum Gasteiger partial charge on any atom is -0.464 e. The van der Waals surface area contributed by atoms with Gasteiger partial charge < -0.3 is 9.30 Å². The quantitative estimate of drug-likeness (QED) is 0.485. The normalized spacial score (nSPS) is 11.9. The van der Waals surface area contributed by atoms with Crippen molar-refractivity contribution >= 4 is 11.7 Å². The van der Waals surface area contributed by atoms with Gasteiger partial charge >= 0.3 is 5.97 Å². The van der Waals surface area contributed by atoms with Crippen LogP contribution in [0.25, 0.3) is 0 Å². The largest absolute Gasteiger partial charge is 0.464 e. The van der Waals surface area contributed by atoms with Crippen molar-refractivity contribution in [2.45, 2.75) is 13.0 Å². The van der Waals surface area contributed by atoms with Crippen molar-refractivity contribution < 1.29 is 14.5 Å². The van der Waals surface area contributed by atoms with E-state index in [4.69, 9.17) is 0 Å². The van der Waals surface area contributed by atoms with Gasteiger partial charge in [0.05, 0.1) is 36.2 Å². The summed E-state index contributed by atoms with van der Waals surface area (Å²) in [5.41, 5.74) is 0.753. The number of hydrogen-bond acceptors (Lipinski definition) is 5. The highest BCUT2D eigenvalue weighted by atomic mass is 16.6. The van der Waals surface area contributed by atoms with Gasteiger partial charge in [-0.25, -0.2) is 9.78 Å². The lowest BCUT2D eigenvalue weighted by Crippen LogP contribution is -2.15. The number of nitro groups is 1. The summed E-state index contributed by atoms with van der Waals surface area (Å²) in [5.74, 6) is -0.534. The Morgan fingerprint density at radius 3 is 2.80 bits per heavy atom. The molecule has 0 aliphatic heterocycles. The maximum absolute atomic E-state index is 11.6. The van der Waals surface area contributed by atoms with E-state index in [1.165, 1.54) is 25.7 Å². The number of carbonyl (C=O) groups excluding carboxylic acids is 1. The number of methoxy groups -OCH3 is 1. The van der Waals surface area contributed by atoms with Crippen LogP contribution in [0.2, 0.25) is 0 Å². The highest BCUT2D eigenvalue weighted by Crippen LogP contribution is 2.28. The molecule has 0 aliphatic rings. The number of esters is 1. The zero-order valence-electron chi connectivity index (χ0n) is 11.0. The van der Waals surface area contributed by atoms with Gasteiger partial charge in [0.15, 0.2) is 0 Å². The van der Waals surface area contributed by atoms with Crippen LogP contribution in [0.3, 0.4) is 0 Å². The van der Waals surface area contributed by atoms with Crippen LogP contribution >= 0.6 is 0 Å². The number of aromatic nitrogens is 2. The first-order chi connectivity index (χ1) is 9.56. The Bertz CT molecular complexity index is 651. The molecule has 0 N–H and O–H groups in total. The molecule has 0 fully saturated rings. The Balaban J connectivity index is 2.47. The fourth-order valence-electron chi connectivity index (χ4n) is 2.03. The van der Waals surface area contributed by atoms with E-state index in [-0.39, 0.29) is 11.4 Å². The lowest BCUT2D eigenvalue weighted by Gasteiger charge is -2.16. The third-order valence-corrected chi connectivity index (χ3v) is 3.06. The summed E-state index contributed by atoms with van der Waals surface area (Å²) in [6, 6.07) is 6.00. The summed E-state index contributed by atoms with van der Waals surface area (Å²) in [6.45, 7) is 1.76. The Hall–Kier alpha value is -2.70. The first-order valence-electron chi connectivity index (χ1n) is 5.89. The van der Waals surface area contributed by atoms with Gasteiger partial charge in [0.2, 0.25) is 0 Å². The number of hydrogen-bond donors (Lipinski definition) is 0. The first kappa shape index (κ1) is 13.7. The van der Waals surface area contributed by atoms with Crippen molar-refractivity contribution in [1.82, 2.24) is 9.55 Å². The Kier molecular flexibility index (Phi) is 3.79. The molecule has 0 aliphatic carbocycles. The molecule has 1 aromatic carbocycles. The fraction of sp³-hybridized carbons (Fsp3) is 0.231. The molecule has 1 atom stereocenters. The van der Waals surface area contributed by atoms with Gasteiger partial charge in [0, 0.05) is 6.07 Å². The van der Waals surface area contributed by atoms with Gasteiger partial charge in [-0.15, -0.1) is 0 Å². The van der Waals surface area contributed by atoms with E-state index in [0.717, 1.165) is 0 Å². The third kappa shape index (κ3) is 2.37. The van der Waals surface area contributed by atoms with Crippen LogP contribution in [0, 0.1) is 10.1 Å². The van der Waals surface area contributed by atoms with Crippen LogP contribution in [0.5, 0.6) is 0 Å². The predicted molar refractivity (Wildman–Crippen MR) is 70.5 cm³/mol. The van der Waals surface area contributed by atoms with E-state index in [9.17, 15) is 14.9 Å². The van der Waals surface area contributed by atoms with Gasteiger partial charge in [-0.3, -0.25) is 10.1 Å². The summed E-state index contributed by atoms with van der Waals surface area (Å²) in [6.07, 6.45) is 2.82. The first-order valence-corrected chi connectivity index (χ1v) is 5.89. The van der Waals surface area contributed by atoms with E-state index >= 15 is 0 Å². The minimum absolute atomic E-state index is 0.00418. The lowest BCUT2D eigenvalue weighted by atomic mass is 10.1. The monoisotopic (exact) mass is 275 g/mol. The van der Waals surface area contributed by atoms with Crippen molar-refractivity contribution in [2.24, 2.45) is 0 Å². The zero-order valence-corrected chi connectivity index (χ0v) is 11.0. The molecule has 20 heavy (non-hydrogen) atoms. The van der Waals surface area contributed by atoms with Crippen molar-refractivity contribution in [2.75, 3.05) is 7.11 Å². The zero-order chi connectivity index (χ0) is 14.7.